The minimum absolute atomic E-state index is 0.119. The van der Waals surface area contributed by atoms with Gasteiger partial charge in [0.1, 0.15) is 6.54 Å². The number of hydrogen-bond acceptors (Lipinski definition) is 6. The Kier molecular flexibility index (Phi) is 5.11. The monoisotopic (exact) mass is 421 g/mol. The van der Waals surface area contributed by atoms with Gasteiger partial charge >= 0.3 is 5.97 Å². The maximum atomic E-state index is 12.8. The van der Waals surface area contributed by atoms with Crippen molar-refractivity contribution in [3.8, 4) is 0 Å². The van der Waals surface area contributed by atoms with Gasteiger partial charge in [0, 0.05) is 17.7 Å². The van der Waals surface area contributed by atoms with E-state index in [9.17, 15) is 19.7 Å². The zero-order chi connectivity index (χ0) is 21.3. The SMILES string of the molecule is COC(=O)Cn1c(=NC(=O)c2ccc3ccccc3c2)sc2ccc([N+](=O)[O-])cc21. The molecule has 1 heterocycles. The number of ether oxygens (including phenoxy) is 1. The van der Waals surface area contributed by atoms with Gasteiger partial charge in [-0.25, -0.2) is 0 Å². The molecule has 30 heavy (non-hydrogen) atoms. The van der Waals surface area contributed by atoms with Crippen LogP contribution in [0.5, 0.6) is 0 Å². The molecule has 4 rings (SSSR count). The molecular formula is C21H15N3O5S. The first-order valence-corrected chi connectivity index (χ1v) is 9.70. The van der Waals surface area contributed by atoms with Crippen molar-refractivity contribution in [1.29, 1.82) is 0 Å². The van der Waals surface area contributed by atoms with Crippen molar-refractivity contribution in [3.63, 3.8) is 0 Å². The second-order valence-electron chi connectivity index (χ2n) is 6.43. The first-order valence-electron chi connectivity index (χ1n) is 8.89. The van der Waals surface area contributed by atoms with Crippen molar-refractivity contribution in [3.05, 3.63) is 81.1 Å². The number of benzene rings is 3. The van der Waals surface area contributed by atoms with Crippen LogP contribution in [-0.4, -0.2) is 28.5 Å². The molecule has 150 valence electrons. The number of non-ortho nitro benzene ring substituents is 1. The summed E-state index contributed by atoms with van der Waals surface area (Å²) in [5.74, 6) is -1.03. The van der Waals surface area contributed by atoms with Crippen molar-refractivity contribution in [2.24, 2.45) is 4.99 Å². The number of thiazole rings is 1. The molecule has 0 N–H and O–H groups in total. The summed E-state index contributed by atoms with van der Waals surface area (Å²) in [6.07, 6.45) is 0. The summed E-state index contributed by atoms with van der Waals surface area (Å²) >= 11 is 1.17. The third-order valence-electron chi connectivity index (χ3n) is 4.58. The molecular weight excluding hydrogens is 406 g/mol. The minimum atomic E-state index is -0.555. The summed E-state index contributed by atoms with van der Waals surface area (Å²) in [6.45, 7) is -0.221. The predicted octanol–water partition coefficient (Wildman–Crippen LogP) is 3.68. The number of rotatable bonds is 4. The summed E-state index contributed by atoms with van der Waals surface area (Å²) in [6, 6.07) is 17.2. The highest BCUT2D eigenvalue weighted by molar-refractivity contribution is 7.16. The number of nitro groups is 1. The quantitative estimate of drug-likeness (QED) is 0.284. The van der Waals surface area contributed by atoms with Gasteiger partial charge in [-0.15, -0.1) is 0 Å². The summed E-state index contributed by atoms with van der Waals surface area (Å²) in [4.78, 5) is 39.8. The number of nitro benzene ring substituents is 1. The molecule has 9 heteroatoms. The van der Waals surface area contributed by atoms with Crippen LogP contribution in [0.4, 0.5) is 5.69 Å². The van der Waals surface area contributed by atoms with Crippen molar-refractivity contribution in [1.82, 2.24) is 4.57 Å². The summed E-state index contributed by atoms with van der Waals surface area (Å²) in [7, 11) is 1.25. The lowest BCUT2D eigenvalue weighted by Gasteiger charge is -2.04. The fourth-order valence-electron chi connectivity index (χ4n) is 3.08. The van der Waals surface area contributed by atoms with Crippen LogP contribution in [0.3, 0.4) is 0 Å². The number of carbonyl (C=O) groups is 2. The Morgan fingerprint density at radius 2 is 1.87 bits per heavy atom. The molecule has 1 aromatic heterocycles. The number of fused-ring (bicyclic) bond motifs is 2. The molecule has 1 amide bonds. The molecule has 0 aliphatic rings. The third-order valence-corrected chi connectivity index (χ3v) is 5.64. The number of aromatic nitrogens is 1. The lowest BCUT2D eigenvalue weighted by atomic mass is 10.1. The molecule has 0 radical (unpaired) electrons. The predicted molar refractivity (Wildman–Crippen MR) is 112 cm³/mol. The van der Waals surface area contributed by atoms with E-state index in [1.54, 1.807) is 18.2 Å². The summed E-state index contributed by atoms with van der Waals surface area (Å²) in [5.41, 5.74) is 0.720. The van der Waals surface area contributed by atoms with E-state index in [2.05, 4.69) is 4.99 Å². The van der Waals surface area contributed by atoms with Gasteiger partial charge in [-0.1, -0.05) is 41.7 Å². The number of methoxy groups -OCH3 is 1. The fraction of sp³-hybridized carbons (Fsp3) is 0.0952. The average molecular weight is 421 g/mol. The molecule has 3 aromatic carbocycles. The average Bonchev–Trinajstić information content (AvgIpc) is 3.09. The van der Waals surface area contributed by atoms with E-state index in [1.807, 2.05) is 30.3 Å². The molecule has 0 aliphatic carbocycles. The summed E-state index contributed by atoms with van der Waals surface area (Å²) in [5, 5.41) is 13.1. The van der Waals surface area contributed by atoms with Gasteiger partial charge in [0.25, 0.3) is 11.6 Å². The van der Waals surface area contributed by atoms with E-state index in [0.29, 0.717) is 15.8 Å². The highest BCUT2D eigenvalue weighted by Gasteiger charge is 2.16. The Balaban J connectivity index is 1.85. The number of amides is 1. The molecule has 0 saturated carbocycles. The minimum Gasteiger partial charge on any atom is -0.468 e. The Bertz CT molecular complexity index is 1390. The Hall–Kier alpha value is -3.85. The van der Waals surface area contributed by atoms with Crippen LogP contribution in [0.25, 0.3) is 21.0 Å². The number of carbonyl (C=O) groups excluding carboxylic acids is 2. The van der Waals surface area contributed by atoms with Gasteiger partial charge in [-0.3, -0.25) is 19.7 Å². The zero-order valence-corrected chi connectivity index (χ0v) is 16.6. The van der Waals surface area contributed by atoms with Crippen molar-refractivity contribution in [2.45, 2.75) is 6.54 Å². The first-order chi connectivity index (χ1) is 14.5. The molecule has 0 saturated heterocycles. The van der Waals surface area contributed by atoms with Crippen LogP contribution in [0, 0.1) is 10.1 Å². The molecule has 0 spiro atoms. The zero-order valence-electron chi connectivity index (χ0n) is 15.8. The molecule has 0 aliphatic heterocycles. The van der Waals surface area contributed by atoms with Gasteiger partial charge < -0.3 is 9.30 Å². The Labute approximate surface area is 173 Å². The van der Waals surface area contributed by atoms with E-state index < -0.39 is 16.8 Å². The maximum absolute atomic E-state index is 12.8. The van der Waals surface area contributed by atoms with Gasteiger partial charge in [0.2, 0.25) is 0 Å². The van der Waals surface area contributed by atoms with Gasteiger partial charge in [0.05, 0.1) is 22.2 Å². The van der Waals surface area contributed by atoms with Crippen LogP contribution in [0.1, 0.15) is 10.4 Å². The van der Waals surface area contributed by atoms with E-state index in [-0.39, 0.29) is 17.0 Å². The first kappa shape index (κ1) is 19.5. The Morgan fingerprint density at radius 1 is 1.10 bits per heavy atom. The largest absolute Gasteiger partial charge is 0.468 e. The maximum Gasteiger partial charge on any atom is 0.325 e. The second kappa shape index (κ2) is 7.88. The lowest BCUT2D eigenvalue weighted by molar-refractivity contribution is -0.384. The number of hydrogen-bond donors (Lipinski definition) is 0. The van der Waals surface area contributed by atoms with E-state index in [4.69, 9.17) is 4.74 Å². The second-order valence-corrected chi connectivity index (χ2v) is 7.44. The topological polar surface area (TPSA) is 104 Å². The summed E-state index contributed by atoms with van der Waals surface area (Å²) < 4.78 is 6.85. The van der Waals surface area contributed by atoms with Crippen molar-refractivity contribution < 1.29 is 19.2 Å². The van der Waals surface area contributed by atoms with E-state index in [1.165, 1.54) is 35.1 Å². The van der Waals surface area contributed by atoms with Crippen LogP contribution in [0.15, 0.2) is 65.7 Å². The van der Waals surface area contributed by atoms with E-state index >= 15 is 0 Å². The van der Waals surface area contributed by atoms with Gasteiger partial charge in [-0.2, -0.15) is 4.99 Å². The van der Waals surface area contributed by atoms with Gasteiger partial charge in [0.15, 0.2) is 4.80 Å². The van der Waals surface area contributed by atoms with Crippen LogP contribution in [0.2, 0.25) is 0 Å². The van der Waals surface area contributed by atoms with Crippen molar-refractivity contribution in [2.75, 3.05) is 7.11 Å². The van der Waals surface area contributed by atoms with E-state index in [0.717, 1.165) is 10.8 Å². The smallest absolute Gasteiger partial charge is 0.325 e. The molecule has 0 bridgehead atoms. The van der Waals surface area contributed by atoms with Crippen LogP contribution in [-0.2, 0) is 16.1 Å². The normalized spacial score (nSPS) is 11.7. The highest BCUT2D eigenvalue weighted by atomic mass is 32.1. The number of esters is 1. The fourth-order valence-corrected chi connectivity index (χ4v) is 4.08. The lowest BCUT2D eigenvalue weighted by Crippen LogP contribution is -2.22. The Morgan fingerprint density at radius 3 is 2.60 bits per heavy atom. The van der Waals surface area contributed by atoms with Crippen LogP contribution >= 0.6 is 11.3 Å². The molecule has 0 fully saturated rings. The number of nitrogens with zero attached hydrogens (tertiary/aromatic N) is 3. The molecule has 0 atom stereocenters. The third kappa shape index (κ3) is 3.70. The van der Waals surface area contributed by atoms with Gasteiger partial charge in [-0.05, 0) is 29.0 Å². The standard InChI is InChI=1S/C21H15N3O5S/c1-29-19(25)12-23-17-11-16(24(27)28)8-9-18(17)30-21(23)22-20(26)15-7-6-13-4-2-3-5-14(13)10-15/h2-11H,12H2,1H3. The van der Waals surface area contributed by atoms with Crippen LogP contribution < -0.4 is 4.80 Å². The molecule has 0 unspecified atom stereocenters. The molecule has 8 nitrogen and oxygen atoms in total. The molecule has 4 aromatic rings. The highest BCUT2D eigenvalue weighted by Crippen LogP contribution is 2.23. The van der Waals surface area contributed by atoms with Crippen molar-refractivity contribution >= 4 is 49.9 Å².